The van der Waals surface area contributed by atoms with Gasteiger partial charge in [0.1, 0.15) is 0 Å². The predicted molar refractivity (Wildman–Crippen MR) is 112 cm³/mol. The quantitative estimate of drug-likeness (QED) is 0.667. The van der Waals surface area contributed by atoms with Crippen LogP contribution in [0.3, 0.4) is 0 Å². The van der Waals surface area contributed by atoms with Gasteiger partial charge >= 0.3 is 0 Å². The maximum absolute atomic E-state index is 12.8. The molecule has 3 heterocycles. The van der Waals surface area contributed by atoms with Crippen molar-refractivity contribution in [1.82, 2.24) is 29.4 Å². The van der Waals surface area contributed by atoms with E-state index < -0.39 is 0 Å². The van der Waals surface area contributed by atoms with Crippen LogP contribution in [0.25, 0.3) is 5.69 Å². The van der Waals surface area contributed by atoms with Crippen molar-refractivity contribution in [1.29, 1.82) is 0 Å². The van der Waals surface area contributed by atoms with Crippen LogP contribution in [0.5, 0.6) is 0 Å². The van der Waals surface area contributed by atoms with Crippen molar-refractivity contribution >= 4 is 5.91 Å². The van der Waals surface area contributed by atoms with Crippen molar-refractivity contribution in [2.75, 3.05) is 26.2 Å². The molecule has 0 spiro atoms. The molecule has 1 aliphatic rings. The van der Waals surface area contributed by atoms with E-state index in [2.05, 4.69) is 21.3 Å². The van der Waals surface area contributed by atoms with Crippen LogP contribution in [0.15, 0.2) is 42.7 Å². The predicted octanol–water partition coefficient (Wildman–Crippen LogP) is 2.11. The number of carbonyl (C=O) groups is 1. The first kappa shape index (κ1) is 19.4. The molecule has 4 rings (SSSR count). The van der Waals surface area contributed by atoms with E-state index in [0.29, 0.717) is 6.42 Å². The summed E-state index contributed by atoms with van der Waals surface area (Å²) in [6.07, 6.45) is 4.45. The second-order valence-electron chi connectivity index (χ2n) is 7.74. The molecule has 0 N–H and O–H groups in total. The second kappa shape index (κ2) is 8.21. The van der Waals surface area contributed by atoms with Crippen LogP contribution in [0, 0.1) is 13.8 Å². The monoisotopic (exact) mass is 392 g/mol. The average molecular weight is 393 g/mol. The molecule has 2 aromatic heterocycles. The fraction of sp³-hybridized carbons (Fsp3) is 0.409. The molecule has 7 nitrogen and oxygen atoms in total. The molecule has 1 aromatic carbocycles. The first-order valence-electron chi connectivity index (χ1n) is 10.1. The summed E-state index contributed by atoms with van der Waals surface area (Å²) < 4.78 is 3.76. The molecule has 0 bridgehead atoms. The number of rotatable bonds is 5. The van der Waals surface area contributed by atoms with Gasteiger partial charge in [-0.15, -0.1) is 0 Å². The van der Waals surface area contributed by atoms with Crippen LogP contribution in [-0.4, -0.2) is 61.4 Å². The highest BCUT2D eigenvalue weighted by Crippen LogP contribution is 2.16. The lowest BCUT2D eigenvalue weighted by Crippen LogP contribution is -2.48. The number of hydrogen-bond acceptors (Lipinski definition) is 4. The number of benzene rings is 1. The Morgan fingerprint density at radius 1 is 1.07 bits per heavy atom. The van der Waals surface area contributed by atoms with Gasteiger partial charge in [0.25, 0.3) is 0 Å². The summed E-state index contributed by atoms with van der Waals surface area (Å²) in [5, 5.41) is 8.90. The zero-order valence-corrected chi connectivity index (χ0v) is 17.4. The lowest BCUT2D eigenvalue weighted by atomic mass is 10.1. The molecule has 29 heavy (non-hydrogen) atoms. The lowest BCUT2D eigenvalue weighted by Gasteiger charge is -2.34. The van der Waals surface area contributed by atoms with Gasteiger partial charge in [-0.25, -0.2) is 4.68 Å². The summed E-state index contributed by atoms with van der Waals surface area (Å²) in [4.78, 5) is 17.1. The third kappa shape index (κ3) is 4.24. The maximum atomic E-state index is 12.8. The van der Waals surface area contributed by atoms with Gasteiger partial charge in [-0.05, 0) is 26.0 Å². The summed E-state index contributed by atoms with van der Waals surface area (Å²) in [5.41, 5.74) is 5.34. The van der Waals surface area contributed by atoms with Gasteiger partial charge in [-0.1, -0.05) is 18.2 Å². The molecule has 152 valence electrons. The van der Waals surface area contributed by atoms with E-state index in [1.165, 1.54) is 5.56 Å². The number of nitrogens with zero attached hydrogens (tertiary/aromatic N) is 6. The van der Waals surface area contributed by atoms with Crippen molar-refractivity contribution < 1.29 is 4.79 Å². The molecule has 1 saturated heterocycles. The summed E-state index contributed by atoms with van der Waals surface area (Å²) in [5.74, 6) is 0.195. The fourth-order valence-corrected chi connectivity index (χ4v) is 3.91. The van der Waals surface area contributed by atoms with Crippen LogP contribution in [0.1, 0.15) is 22.5 Å². The summed E-state index contributed by atoms with van der Waals surface area (Å²) >= 11 is 0. The Morgan fingerprint density at radius 3 is 2.45 bits per heavy atom. The Labute approximate surface area is 171 Å². The molecule has 0 saturated carbocycles. The second-order valence-corrected chi connectivity index (χ2v) is 7.74. The molecular formula is C22H28N6O. The van der Waals surface area contributed by atoms with Gasteiger partial charge in [-0.3, -0.25) is 14.4 Å². The Balaban J connectivity index is 1.30. The van der Waals surface area contributed by atoms with Gasteiger partial charge in [0.05, 0.1) is 24.0 Å². The standard InChI is InChI=1S/C22H28N6O/c1-17-21(18(2)25(3)24-17)13-22(29)27-11-9-26(10-12-27)15-19-14-23-28(16-19)20-7-5-4-6-8-20/h4-8,14,16H,9-13,15H2,1-3H3. The Bertz CT molecular complexity index is 982. The van der Waals surface area contributed by atoms with Gasteiger partial charge in [-0.2, -0.15) is 10.2 Å². The minimum Gasteiger partial charge on any atom is -0.340 e. The van der Waals surface area contributed by atoms with Crippen LogP contribution in [0.4, 0.5) is 0 Å². The molecular weight excluding hydrogens is 364 g/mol. The van der Waals surface area contributed by atoms with Crippen molar-refractivity contribution in [3.05, 3.63) is 65.2 Å². The smallest absolute Gasteiger partial charge is 0.227 e. The van der Waals surface area contributed by atoms with Crippen LogP contribution in [0.2, 0.25) is 0 Å². The first-order chi connectivity index (χ1) is 14.0. The number of carbonyl (C=O) groups excluding carboxylic acids is 1. The SMILES string of the molecule is Cc1nn(C)c(C)c1CC(=O)N1CCN(Cc2cnn(-c3ccccc3)c2)CC1. The van der Waals surface area contributed by atoms with E-state index in [1.54, 1.807) is 0 Å². The highest BCUT2D eigenvalue weighted by atomic mass is 16.2. The van der Waals surface area contributed by atoms with Crippen LogP contribution >= 0.6 is 0 Å². The molecule has 7 heteroatoms. The minimum absolute atomic E-state index is 0.195. The largest absolute Gasteiger partial charge is 0.340 e. The summed E-state index contributed by atoms with van der Waals surface area (Å²) in [6.45, 7) is 8.16. The number of aromatic nitrogens is 4. The molecule has 3 aromatic rings. The molecule has 1 aliphatic heterocycles. The molecule has 0 aliphatic carbocycles. The molecule has 1 fully saturated rings. The van der Waals surface area contributed by atoms with E-state index in [-0.39, 0.29) is 5.91 Å². The molecule has 0 unspecified atom stereocenters. The summed E-state index contributed by atoms with van der Waals surface area (Å²) in [7, 11) is 1.93. The van der Waals surface area contributed by atoms with E-state index in [4.69, 9.17) is 0 Å². The number of piperazine rings is 1. The van der Waals surface area contributed by atoms with E-state index in [9.17, 15) is 4.79 Å². The minimum atomic E-state index is 0.195. The lowest BCUT2D eigenvalue weighted by molar-refractivity contribution is -0.132. The van der Waals surface area contributed by atoms with Gasteiger partial charge in [0.2, 0.25) is 5.91 Å². The van der Waals surface area contributed by atoms with E-state index in [1.807, 2.05) is 71.7 Å². The Kier molecular flexibility index (Phi) is 5.49. The third-order valence-electron chi connectivity index (χ3n) is 5.77. The normalized spacial score (nSPS) is 15.1. The highest BCUT2D eigenvalue weighted by Gasteiger charge is 2.23. The zero-order chi connectivity index (χ0) is 20.4. The van der Waals surface area contributed by atoms with Gasteiger partial charge in [0, 0.05) is 62.8 Å². The van der Waals surface area contributed by atoms with Crippen molar-refractivity contribution in [3.63, 3.8) is 0 Å². The van der Waals surface area contributed by atoms with Crippen molar-refractivity contribution in [2.45, 2.75) is 26.8 Å². The molecule has 0 radical (unpaired) electrons. The Hall–Kier alpha value is -2.93. The van der Waals surface area contributed by atoms with Gasteiger partial charge < -0.3 is 4.90 Å². The highest BCUT2D eigenvalue weighted by molar-refractivity contribution is 5.79. The number of hydrogen-bond donors (Lipinski definition) is 0. The summed E-state index contributed by atoms with van der Waals surface area (Å²) in [6, 6.07) is 10.1. The van der Waals surface area contributed by atoms with Crippen molar-refractivity contribution in [2.24, 2.45) is 7.05 Å². The Morgan fingerprint density at radius 2 is 1.79 bits per heavy atom. The van der Waals surface area contributed by atoms with Crippen LogP contribution in [-0.2, 0) is 24.8 Å². The number of para-hydroxylation sites is 1. The fourth-order valence-electron chi connectivity index (χ4n) is 3.91. The van der Waals surface area contributed by atoms with Crippen molar-refractivity contribution in [3.8, 4) is 5.69 Å². The number of amides is 1. The zero-order valence-electron chi connectivity index (χ0n) is 17.4. The number of aryl methyl sites for hydroxylation is 2. The maximum Gasteiger partial charge on any atom is 0.227 e. The topological polar surface area (TPSA) is 59.2 Å². The van der Waals surface area contributed by atoms with Crippen LogP contribution < -0.4 is 0 Å². The van der Waals surface area contributed by atoms with E-state index >= 15 is 0 Å². The third-order valence-corrected chi connectivity index (χ3v) is 5.77. The van der Waals surface area contributed by atoms with Gasteiger partial charge in [0.15, 0.2) is 0 Å². The molecule has 0 atom stereocenters. The average Bonchev–Trinajstić information content (AvgIpc) is 3.29. The van der Waals surface area contributed by atoms with E-state index in [0.717, 1.165) is 55.4 Å². The first-order valence-corrected chi connectivity index (χ1v) is 10.1. The molecule has 1 amide bonds.